The molecular formula is C18H11Cl2F2N3O2S. The van der Waals surface area contributed by atoms with Crippen molar-refractivity contribution < 1.29 is 18.3 Å². The first-order valence-electron chi connectivity index (χ1n) is 7.71. The van der Waals surface area contributed by atoms with Gasteiger partial charge in [0, 0.05) is 16.0 Å². The van der Waals surface area contributed by atoms with Gasteiger partial charge in [0.25, 0.3) is 0 Å². The van der Waals surface area contributed by atoms with Crippen LogP contribution in [0.4, 0.5) is 13.9 Å². The first kappa shape index (κ1) is 20.2. The van der Waals surface area contributed by atoms with Crippen LogP contribution in [0.1, 0.15) is 21.6 Å². The molecule has 1 N–H and O–H groups in total. The Kier molecular flexibility index (Phi) is 6.23. The molecule has 0 atom stereocenters. The molecule has 0 amide bonds. The summed E-state index contributed by atoms with van der Waals surface area (Å²) in [6.07, 6.45) is 1.30. The number of hydrogen-bond acceptors (Lipinski definition) is 6. The summed E-state index contributed by atoms with van der Waals surface area (Å²) in [5, 5.41) is 6.62. The Hall–Kier alpha value is -2.55. The van der Waals surface area contributed by atoms with Crippen molar-refractivity contribution in [3.05, 3.63) is 74.2 Å². The molecule has 1 heterocycles. The summed E-state index contributed by atoms with van der Waals surface area (Å²) in [6, 6.07) is 5.81. The van der Waals surface area contributed by atoms with Crippen LogP contribution in [0.5, 0.6) is 5.75 Å². The minimum atomic E-state index is -1.24. The maximum Gasteiger partial charge on any atom is 0.349 e. The van der Waals surface area contributed by atoms with Crippen LogP contribution in [-0.4, -0.2) is 17.2 Å². The predicted octanol–water partition coefficient (Wildman–Crippen LogP) is 5.70. The van der Waals surface area contributed by atoms with Gasteiger partial charge in [0.1, 0.15) is 17.2 Å². The lowest BCUT2D eigenvalue weighted by molar-refractivity contribution is 0.0724. The number of rotatable bonds is 5. The molecule has 2 aromatic carbocycles. The van der Waals surface area contributed by atoms with Gasteiger partial charge in [0.05, 0.1) is 16.9 Å². The zero-order chi connectivity index (χ0) is 20.3. The van der Waals surface area contributed by atoms with Gasteiger partial charge in [-0.1, -0.05) is 29.3 Å². The molecule has 28 heavy (non-hydrogen) atoms. The Morgan fingerprint density at radius 2 is 2.00 bits per heavy atom. The minimum Gasteiger partial charge on any atom is -0.420 e. The fourth-order valence-electron chi connectivity index (χ4n) is 2.18. The highest BCUT2D eigenvalue weighted by Crippen LogP contribution is 2.32. The normalized spacial score (nSPS) is 11.0. The number of benzene rings is 2. The number of esters is 1. The highest BCUT2D eigenvalue weighted by molar-refractivity contribution is 7.13. The highest BCUT2D eigenvalue weighted by atomic mass is 35.5. The lowest BCUT2D eigenvalue weighted by atomic mass is 10.2. The fourth-order valence-corrected chi connectivity index (χ4v) is 3.37. The largest absolute Gasteiger partial charge is 0.420 e. The van der Waals surface area contributed by atoms with E-state index in [2.05, 4.69) is 15.5 Å². The third kappa shape index (κ3) is 4.64. The molecule has 0 unspecified atom stereocenters. The van der Waals surface area contributed by atoms with E-state index in [9.17, 15) is 13.6 Å². The molecular weight excluding hydrogens is 431 g/mol. The smallest absolute Gasteiger partial charge is 0.349 e. The van der Waals surface area contributed by atoms with Crippen molar-refractivity contribution in [2.24, 2.45) is 5.10 Å². The van der Waals surface area contributed by atoms with E-state index in [1.807, 2.05) is 12.3 Å². The van der Waals surface area contributed by atoms with Crippen LogP contribution >= 0.6 is 34.5 Å². The number of aryl methyl sites for hydroxylation is 1. The van der Waals surface area contributed by atoms with Crippen LogP contribution in [0.25, 0.3) is 0 Å². The molecule has 0 spiro atoms. The molecule has 0 aliphatic carbocycles. The monoisotopic (exact) mass is 441 g/mol. The molecule has 0 radical (unpaired) electrons. The summed E-state index contributed by atoms with van der Waals surface area (Å²) in [5.74, 6) is -3.48. The number of halogens is 4. The van der Waals surface area contributed by atoms with Gasteiger partial charge in [-0.05, 0) is 31.2 Å². The third-order valence-corrected chi connectivity index (χ3v) is 4.75. The quantitative estimate of drug-likeness (QED) is 0.238. The molecule has 5 nitrogen and oxygen atoms in total. The fraction of sp³-hybridized carbons (Fsp3) is 0.0556. The third-order valence-electron chi connectivity index (χ3n) is 3.38. The molecule has 0 aliphatic rings. The number of hydrogen-bond donors (Lipinski definition) is 1. The number of anilines is 1. The minimum absolute atomic E-state index is 0.0239. The number of nitrogens with zero attached hydrogens (tertiary/aromatic N) is 2. The Bertz CT molecular complexity index is 1050. The van der Waals surface area contributed by atoms with Gasteiger partial charge in [0.2, 0.25) is 5.13 Å². The number of carbonyl (C=O) groups is 1. The summed E-state index contributed by atoms with van der Waals surface area (Å²) in [7, 11) is 0. The first-order chi connectivity index (χ1) is 13.3. The van der Waals surface area contributed by atoms with Gasteiger partial charge in [-0.3, -0.25) is 5.43 Å². The lowest BCUT2D eigenvalue weighted by Crippen LogP contribution is -2.14. The zero-order valence-corrected chi connectivity index (χ0v) is 16.5. The van der Waals surface area contributed by atoms with E-state index >= 15 is 0 Å². The van der Waals surface area contributed by atoms with E-state index in [0.717, 1.165) is 23.9 Å². The van der Waals surface area contributed by atoms with E-state index in [1.54, 1.807) is 0 Å². The molecule has 0 saturated heterocycles. The Labute approximate surface area is 172 Å². The van der Waals surface area contributed by atoms with Crippen LogP contribution in [0.2, 0.25) is 10.0 Å². The van der Waals surface area contributed by atoms with Gasteiger partial charge >= 0.3 is 5.97 Å². The number of thiazole rings is 1. The second kappa shape index (κ2) is 8.64. The van der Waals surface area contributed by atoms with Crippen molar-refractivity contribution in [3.63, 3.8) is 0 Å². The second-order valence-corrected chi connectivity index (χ2v) is 7.16. The van der Waals surface area contributed by atoms with Crippen LogP contribution < -0.4 is 10.2 Å². The number of hydrazone groups is 1. The first-order valence-corrected chi connectivity index (χ1v) is 9.35. The van der Waals surface area contributed by atoms with E-state index in [0.29, 0.717) is 5.13 Å². The van der Waals surface area contributed by atoms with Crippen molar-refractivity contribution >= 4 is 51.9 Å². The summed E-state index contributed by atoms with van der Waals surface area (Å²) >= 11 is 13.4. The number of aromatic nitrogens is 1. The van der Waals surface area contributed by atoms with Gasteiger partial charge in [-0.2, -0.15) is 5.10 Å². The lowest BCUT2D eigenvalue weighted by Gasteiger charge is -2.11. The average molecular weight is 442 g/mol. The molecule has 3 rings (SSSR count). The van der Waals surface area contributed by atoms with Crippen molar-refractivity contribution in [2.75, 3.05) is 5.43 Å². The van der Waals surface area contributed by atoms with E-state index in [-0.39, 0.29) is 21.4 Å². The van der Waals surface area contributed by atoms with Gasteiger partial charge in [-0.15, -0.1) is 11.3 Å². The molecule has 0 fully saturated rings. The molecule has 10 heteroatoms. The van der Waals surface area contributed by atoms with Crippen molar-refractivity contribution in [1.82, 2.24) is 4.98 Å². The Morgan fingerprint density at radius 3 is 2.64 bits per heavy atom. The summed E-state index contributed by atoms with van der Waals surface area (Å²) < 4.78 is 32.8. The zero-order valence-electron chi connectivity index (χ0n) is 14.2. The molecule has 0 aliphatic heterocycles. The number of carbonyl (C=O) groups excluding carboxylic acids is 1. The molecule has 3 aromatic rings. The maximum atomic E-state index is 13.8. The Morgan fingerprint density at radius 1 is 1.29 bits per heavy atom. The molecule has 144 valence electrons. The predicted molar refractivity (Wildman–Crippen MR) is 106 cm³/mol. The highest BCUT2D eigenvalue weighted by Gasteiger charge is 2.22. The van der Waals surface area contributed by atoms with Crippen molar-refractivity contribution in [3.8, 4) is 5.75 Å². The SMILES string of the molecule is Cc1csc(NN=Cc2cc(Cl)cc(Cl)c2OC(=O)c2c(F)cccc2F)n1. The molecule has 1 aromatic heterocycles. The number of ether oxygens (including phenoxy) is 1. The molecule has 0 saturated carbocycles. The van der Waals surface area contributed by atoms with Crippen LogP contribution in [0.3, 0.4) is 0 Å². The topological polar surface area (TPSA) is 63.6 Å². The average Bonchev–Trinajstić information content (AvgIpc) is 3.03. The standard InChI is InChI=1S/C18H11Cl2F2N3O2S/c1-9-8-28-18(24-9)25-23-7-10-5-11(19)6-12(20)16(10)27-17(26)15-13(21)3-2-4-14(15)22/h2-8H,1H3,(H,24,25). The number of nitrogens with one attached hydrogen (secondary N) is 1. The summed E-state index contributed by atoms with van der Waals surface area (Å²) in [6.45, 7) is 1.83. The van der Waals surface area contributed by atoms with E-state index in [4.69, 9.17) is 27.9 Å². The van der Waals surface area contributed by atoms with Crippen molar-refractivity contribution in [2.45, 2.75) is 6.92 Å². The van der Waals surface area contributed by atoms with Crippen LogP contribution in [0.15, 0.2) is 40.8 Å². The van der Waals surface area contributed by atoms with Crippen LogP contribution in [0, 0.1) is 18.6 Å². The van der Waals surface area contributed by atoms with E-state index in [1.165, 1.54) is 29.7 Å². The Balaban J connectivity index is 1.89. The maximum absolute atomic E-state index is 13.8. The van der Waals surface area contributed by atoms with Crippen molar-refractivity contribution in [1.29, 1.82) is 0 Å². The molecule has 0 bridgehead atoms. The van der Waals surface area contributed by atoms with E-state index < -0.39 is 23.2 Å². The van der Waals surface area contributed by atoms with Gasteiger partial charge < -0.3 is 4.74 Å². The summed E-state index contributed by atoms with van der Waals surface area (Å²) in [4.78, 5) is 16.5. The van der Waals surface area contributed by atoms with Gasteiger partial charge in [-0.25, -0.2) is 18.6 Å². The second-order valence-electron chi connectivity index (χ2n) is 5.46. The summed E-state index contributed by atoms with van der Waals surface area (Å²) in [5.41, 5.74) is 2.94. The van der Waals surface area contributed by atoms with Gasteiger partial charge in [0.15, 0.2) is 5.75 Å². The van der Waals surface area contributed by atoms with Crippen LogP contribution in [-0.2, 0) is 0 Å².